The summed E-state index contributed by atoms with van der Waals surface area (Å²) < 4.78 is 17.6. The van der Waals surface area contributed by atoms with Crippen LogP contribution in [-0.2, 0) is 4.74 Å². The van der Waals surface area contributed by atoms with Crippen LogP contribution in [0.3, 0.4) is 0 Å². The van der Waals surface area contributed by atoms with Gasteiger partial charge in [0.05, 0.1) is 10.5 Å². The van der Waals surface area contributed by atoms with Gasteiger partial charge in [0.1, 0.15) is 5.82 Å². The molecule has 0 aliphatic heterocycles. The average molecular weight is 317 g/mol. The number of aryl methyl sites for hydroxylation is 1. The van der Waals surface area contributed by atoms with E-state index in [2.05, 4.69) is 0 Å². The van der Waals surface area contributed by atoms with Crippen LogP contribution in [0.5, 0.6) is 0 Å². The molecule has 0 fully saturated rings. The van der Waals surface area contributed by atoms with Crippen LogP contribution in [0, 0.1) is 22.9 Å². The number of halogens is 1. The third-order valence-electron chi connectivity index (χ3n) is 3.14. The first-order valence-electron chi connectivity index (χ1n) is 6.59. The van der Waals surface area contributed by atoms with Crippen LogP contribution in [0.2, 0.25) is 0 Å². The Morgan fingerprint density at radius 2 is 1.74 bits per heavy atom. The van der Waals surface area contributed by atoms with Crippen molar-refractivity contribution in [1.82, 2.24) is 0 Å². The molecule has 23 heavy (non-hydrogen) atoms. The molecule has 0 radical (unpaired) electrons. The van der Waals surface area contributed by atoms with Crippen LogP contribution in [0.25, 0.3) is 0 Å². The van der Waals surface area contributed by atoms with Crippen molar-refractivity contribution in [1.29, 1.82) is 0 Å². The number of nitrogens with zero attached hydrogens (tertiary/aromatic N) is 1. The summed E-state index contributed by atoms with van der Waals surface area (Å²) in [5, 5.41) is 10.9. The molecule has 2 aromatic carbocycles. The van der Waals surface area contributed by atoms with Crippen molar-refractivity contribution in [2.75, 3.05) is 6.61 Å². The molecule has 7 heteroatoms. The van der Waals surface area contributed by atoms with E-state index >= 15 is 0 Å². The molecule has 2 rings (SSSR count). The fourth-order valence-electron chi connectivity index (χ4n) is 1.86. The van der Waals surface area contributed by atoms with Gasteiger partial charge in [-0.1, -0.05) is 12.1 Å². The molecule has 118 valence electrons. The molecule has 0 saturated heterocycles. The highest BCUT2D eigenvalue weighted by atomic mass is 19.1. The normalized spacial score (nSPS) is 10.2. The lowest BCUT2D eigenvalue weighted by molar-refractivity contribution is -0.385. The summed E-state index contributed by atoms with van der Waals surface area (Å²) in [6.45, 7) is 0.997. The number of hydrogen-bond acceptors (Lipinski definition) is 5. The van der Waals surface area contributed by atoms with Crippen molar-refractivity contribution >= 4 is 17.4 Å². The molecular formula is C16H12FNO5. The summed E-state index contributed by atoms with van der Waals surface area (Å²) in [5.74, 6) is -1.84. The lowest BCUT2D eigenvalue weighted by atomic mass is 10.1. The van der Waals surface area contributed by atoms with E-state index in [1.807, 2.05) is 0 Å². The van der Waals surface area contributed by atoms with Crippen molar-refractivity contribution in [3.63, 3.8) is 0 Å². The number of ether oxygens (including phenoxy) is 1. The van der Waals surface area contributed by atoms with E-state index < -0.39 is 29.1 Å². The Hall–Kier alpha value is -3.09. The Balaban J connectivity index is 2.05. The highest BCUT2D eigenvalue weighted by Gasteiger charge is 2.16. The maximum Gasteiger partial charge on any atom is 0.338 e. The highest BCUT2D eigenvalue weighted by Crippen LogP contribution is 2.19. The Morgan fingerprint density at radius 1 is 1.13 bits per heavy atom. The molecule has 0 aliphatic rings. The Morgan fingerprint density at radius 3 is 2.35 bits per heavy atom. The smallest absolute Gasteiger partial charge is 0.338 e. The van der Waals surface area contributed by atoms with Gasteiger partial charge in [-0.15, -0.1) is 0 Å². The number of carbonyl (C=O) groups excluding carboxylic acids is 2. The predicted molar refractivity (Wildman–Crippen MR) is 78.8 cm³/mol. The number of carbonyl (C=O) groups is 2. The summed E-state index contributed by atoms with van der Waals surface area (Å²) in [6.07, 6.45) is 0. The molecule has 0 N–H and O–H groups in total. The van der Waals surface area contributed by atoms with Gasteiger partial charge in [-0.2, -0.15) is 0 Å². The predicted octanol–water partition coefficient (Wildman–Crippen LogP) is 3.08. The van der Waals surface area contributed by atoms with E-state index in [0.717, 1.165) is 18.2 Å². The van der Waals surface area contributed by atoms with Crippen molar-refractivity contribution < 1.29 is 23.6 Å². The lowest BCUT2D eigenvalue weighted by Gasteiger charge is -2.05. The molecule has 0 aliphatic carbocycles. The van der Waals surface area contributed by atoms with Gasteiger partial charge in [-0.25, -0.2) is 9.18 Å². The lowest BCUT2D eigenvalue weighted by Crippen LogP contribution is -2.14. The number of benzene rings is 2. The van der Waals surface area contributed by atoms with Gasteiger partial charge in [0, 0.05) is 17.2 Å². The summed E-state index contributed by atoms with van der Waals surface area (Å²) in [4.78, 5) is 33.9. The van der Waals surface area contributed by atoms with Crippen molar-refractivity contribution in [3.05, 3.63) is 75.1 Å². The van der Waals surface area contributed by atoms with Crippen LogP contribution in [-0.4, -0.2) is 23.3 Å². The van der Waals surface area contributed by atoms with E-state index in [1.165, 1.54) is 24.3 Å². The minimum Gasteiger partial charge on any atom is -0.454 e. The Bertz CT molecular complexity index is 771. The molecule has 2 aromatic rings. The minimum atomic E-state index is -0.778. The molecule has 0 aromatic heterocycles. The molecule has 0 unspecified atom stereocenters. The number of ketones is 1. The van der Waals surface area contributed by atoms with E-state index in [9.17, 15) is 24.1 Å². The van der Waals surface area contributed by atoms with E-state index in [1.54, 1.807) is 6.92 Å². The maximum atomic E-state index is 12.8. The highest BCUT2D eigenvalue weighted by molar-refractivity contribution is 5.99. The zero-order chi connectivity index (χ0) is 17.0. The van der Waals surface area contributed by atoms with E-state index in [-0.39, 0.29) is 16.8 Å². The number of rotatable bonds is 5. The quantitative estimate of drug-likeness (QED) is 0.366. The number of nitro benzene ring substituents is 1. The Labute approximate surface area is 130 Å². The summed E-state index contributed by atoms with van der Waals surface area (Å²) in [5.41, 5.74) is 0.430. The first kappa shape index (κ1) is 16.3. The van der Waals surface area contributed by atoms with Crippen LogP contribution in [0.4, 0.5) is 10.1 Å². The third kappa shape index (κ3) is 3.97. The second-order valence-electron chi connectivity index (χ2n) is 4.76. The zero-order valence-electron chi connectivity index (χ0n) is 12.1. The molecule has 0 spiro atoms. The largest absolute Gasteiger partial charge is 0.454 e. The molecule has 0 saturated carbocycles. The fraction of sp³-hybridized carbons (Fsp3) is 0.125. The summed E-state index contributed by atoms with van der Waals surface area (Å²) in [7, 11) is 0. The second-order valence-corrected chi connectivity index (χ2v) is 4.76. The first-order valence-corrected chi connectivity index (χ1v) is 6.59. The summed E-state index contributed by atoms with van der Waals surface area (Å²) >= 11 is 0. The van der Waals surface area contributed by atoms with Gasteiger partial charge in [0.25, 0.3) is 5.69 Å². The van der Waals surface area contributed by atoms with Gasteiger partial charge in [-0.3, -0.25) is 14.9 Å². The average Bonchev–Trinajstić information content (AvgIpc) is 2.53. The topological polar surface area (TPSA) is 86.5 Å². The maximum absolute atomic E-state index is 12.8. The van der Waals surface area contributed by atoms with Gasteiger partial charge < -0.3 is 4.74 Å². The van der Waals surface area contributed by atoms with Gasteiger partial charge in [-0.05, 0) is 31.2 Å². The summed E-state index contributed by atoms with van der Waals surface area (Å²) in [6, 6.07) is 8.69. The molecule has 0 heterocycles. The number of hydrogen-bond donors (Lipinski definition) is 0. The monoisotopic (exact) mass is 317 g/mol. The SMILES string of the molecule is Cc1ccc(C(=O)COC(=O)c2ccc(F)cc2)cc1[N+](=O)[O-]. The minimum absolute atomic E-state index is 0.0780. The number of Topliss-reactive ketones (excluding diaryl/α,β-unsaturated/α-hetero) is 1. The van der Waals surface area contributed by atoms with Gasteiger partial charge >= 0.3 is 5.97 Å². The molecule has 0 atom stereocenters. The first-order chi connectivity index (χ1) is 10.9. The number of nitro groups is 1. The van der Waals surface area contributed by atoms with Crippen molar-refractivity contribution in [3.8, 4) is 0 Å². The van der Waals surface area contributed by atoms with E-state index in [4.69, 9.17) is 4.74 Å². The standard InChI is InChI=1S/C16H12FNO5/c1-10-2-3-12(8-14(10)18(21)22)15(19)9-23-16(20)11-4-6-13(17)7-5-11/h2-8H,9H2,1H3. The van der Waals surface area contributed by atoms with Crippen LogP contribution in [0.1, 0.15) is 26.3 Å². The van der Waals surface area contributed by atoms with Crippen LogP contribution in [0.15, 0.2) is 42.5 Å². The number of esters is 1. The third-order valence-corrected chi connectivity index (χ3v) is 3.14. The van der Waals surface area contributed by atoms with Crippen LogP contribution < -0.4 is 0 Å². The van der Waals surface area contributed by atoms with Gasteiger partial charge in [0.15, 0.2) is 6.61 Å². The Kier molecular flexibility index (Phi) is 4.80. The molecule has 0 amide bonds. The van der Waals surface area contributed by atoms with E-state index in [0.29, 0.717) is 5.56 Å². The van der Waals surface area contributed by atoms with Gasteiger partial charge in [0.2, 0.25) is 5.78 Å². The second kappa shape index (κ2) is 6.78. The molecule has 6 nitrogen and oxygen atoms in total. The van der Waals surface area contributed by atoms with Crippen molar-refractivity contribution in [2.24, 2.45) is 0 Å². The van der Waals surface area contributed by atoms with Crippen LogP contribution >= 0.6 is 0 Å². The molecular weight excluding hydrogens is 305 g/mol. The fourth-order valence-corrected chi connectivity index (χ4v) is 1.86. The zero-order valence-corrected chi connectivity index (χ0v) is 12.1. The van der Waals surface area contributed by atoms with Crippen molar-refractivity contribution in [2.45, 2.75) is 6.92 Å². The molecule has 0 bridgehead atoms.